The van der Waals surface area contributed by atoms with Crippen molar-refractivity contribution in [2.45, 2.75) is 0 Å². The van der Waals surface area contributed by atoms with Crippen LogP contribution in [0.1, 0.15) is 11.1 Å². The number of rotatable bonds is 4. The summed E-state index contributed by atoms with van der Waals surface area (Å²) in [4.78, 5) is 27.5. The number of aromatic nitrogens is 2. The fourth-order valence-corrected chi connectivity index (χ4v) is 2.73. The molecule has 0 saturated heterocycles. The third-order valence-corrected chi connectivity index (χ3v) is 4.13. The summed E-state index contributed by atoms with van der Waals surface area (Å²) in [6.45, 7) is 0. The molecule has 0 fully saturated rings. The number of nitrogens with zero attached hydrogens (tertiary/aromatic N) is 4. The topological polar surface area (TPSA) is 166 Å². The molecule has 4 N–H and O–H groups in total. The molecule has 0 aliphatic rings. The number of carboxylic acids is 2. The van der Waals surface area contributed by atoms with E-state index in [0.29, 0.717) is 12.2 Å². The van der Waals surface area contributed by atoms with E-state index in [1.807, 2.05) is 60.7 Å². The molecule has 0 aliphatic heterocycles. The maximum absolute atomic E-state index is 9.55. The molecule has 0 atom stereocenters. The van der Waals surface area contributed by atoms with E-state index in [1.165, 1.54) is 12.4 Å². The molecule has 34 heavy (non-hydrogen) atoms. The van der Waals surface area contributed by atoms with Crippen LogP contribution in [0.25, 0.3) is 21.8 Å². The van der Waals surface area contributed by atoms with E-state index in [2.05, 4.69) is 20.3 Å². The van der Waals surface area contributed by atoms with Gasteiger partial charge in [-0.1, -0.05) is 46.7 Å². The van der Waals surface area contributed by atoms with Crippen molar-refractivity contribution in [3.63, 3.8) is 0 Å². The van der Waals surface area contributed by atoms with Crippen molar-refractivity contribution in [3.8, 4) is 0 Å². The van der Waals surface area contributed by atoms with Gasteiger partial charge in [-0.25, -0.2) is 9.59 Å². The zero-order chi connectivity index (χ0) is 24.8. The zero-order valence-electron chi connectivity index (χ0n) is 17.6. The Morgan fingerprint density at radius 2 is 1.03 bits per heavy atom. The Hall–Kier alpha value is -5.12. The van der Waals surface area contributed by atoms with Crippen molar-refractivity contribution in [1.82, 2.24) is 9.97 Å². The van der Waals surface area contributed by atoms with Gasteiger partial charge in [-0.2, -0.15) is 0 Å². The SMILES string of the molecule is O/N=C/c1ccnc2ccccc12.O/N=C/c1ccnc2ccccc12.O=C(O)/C=C/C(=O)O. The van der Waals surface area contributed by atoms with Gasteiger partial charge in [0, 0.05) is 46.4 Å². The number of benzene rings is 2. The molecule has 4 aromatic rings. The zero-order valence-corrected chi connectivity index (χ0v) is 17.6. The molecule has 172 valence electrons. The maximum atomic E-state index is 9.55. The fraction of sp³-hybridized carbons (Fsp3) is 0. The molecule has 0 bridgehead atoms. The number of aliphatic carboxylic acids is 2. The predicted molar refractivity (Wildman–Crippen MR) is 127 cm³/mol. The average molecular weight is 460 g/mol. The standard InChI is InChI=1S/2C10H8N2O.C4H4O4/c2*13-12-7-8-5-6-11-10-4-2-1-3-9(8)10;5-3(6)1-2-4(7)8/h2*1-7,13H;1-2H,(H,5,6)(H,7,8)/b2*12-7+;2-1+. The molecule has 0 radical (unpaired) electrons. The molecular formula is C24H20N4O6. The number of hydrogen-bond acceptors (Lipinski definition) is 8. The van der Waals surface area contributed by atoms with Crippen molar-refractivity contribution in [2.24, 2.45) is 10.3 Å². The Labute approximate surface area is 193 Å². The summed E-state index contributed by atoms with van der Waals surface area (Å²) in [6, 6.07) is 19.1. The van der Waals surface area contributed by atoms with Gasteiger partial charge in [-0.15, -0.1) is 0 Å². The van der Waals surface area contributed by atoms with E-state index in [9.17, 15) is 9.59 Å². The number of hydrogen-bond donors (Lipinski definition) is 4. The monoisotopic (exact) mass is 460 g/mol. The van der Waals surface area contributed by atoms with Crippen molar-refractivity contribution in [1.29, 1.82) is 0 Å². The van der Waals surface area contributed by atoms with E-state index >= 15 is 0 Å². The van der Waals surface area contributed by atoms with Gasteiger partial charge in [0.2, 0.25) is 0 Å². The molecule has 10 heteroatoms. The van der Waals surface area contributed by atoms with Gasteiger partial charge < -0.3 is 20.6 Å². The van der Waals surface area contributed by atoms with Crippen LogP contribution in [-0.2, 0) is 9.59 Å². The van der Waals surface area contributed by atoms with Gasteiger partial charge in [0.05, 0.1) is 23.5 Å². The summed E-state index contributed by atoms with van der Waals surface area (Å²) in [5, 5.41) is 40.5. The first-order valence-corrected chi connectivity index (χ1v) is 9.62. The lowest BCUT2D eigenvalue weighted by Gasteiger charge is -1.98. The van der Waals surface area contributed by atoms with Crippen LogP contribution in [0.3, 0.4) is 0 Å². The molecule has 2 heterocycles. The normalized spacial score (nSPS) is 10.7. The minimum atomic E-state index is -1.26. The minimum Gasteiger partial charge on any atom is -0.478 e. The quantitative estimate of drug-likeness (QED) is 0.154. The van der Waals surface area contributed by atoms with Gasteiger partial charge in [-0.3, -0.25) is 9.97 Å². The van der Waals surface area contributed by atoms with Crippen LogP contribution in [0.4, 0.5) is 0 Å². The summed E-state index contributed by atoms with van der Waals surface area (Å²) in [5.41, 5.74) is 3.54. The summed E-state index contributed by atoms with van der Waals surface area (Å²) in [6.07, 6.45) is 7.32. The Balaban J connectivity index is 0.000000187. The smallest absolute Gasteiger partial charge is 0.328 e. The number of para-hydroxylation sites is 2. The van der Waals surface area contributed by atoms with Crippen molar-refractivity contribution < 1.29 is 30.2 Å². The Morgan fingerprint density at radius 3 is 1.38 bits per heavy atom. The third-order valence-electron chi connectivity index (χ3n) is 4.13. The molecule has 2 aromatic carbocycles. The van der Waals surface area contributed by atoms with Crippen LogP contribution in [0.2, 0.25) is 0 Å². The first-order chi connectivity index (χ1) is 16.5. The highest BCUT2D eigenvalue weighted by Gasteiger charge is 1.98. The number of fused-ring (bicyclic) bond motifs is 2. The summed E-state index contributed by atoms with van der Waals surface area (Å²) >= 11 is 0. The Bertz CT molecular complexity index is 1240. The van der Waals surface area contributed by atoms with Crippen LogP contribution in [0, 0.1) is 0 Å². The van der Waals surface area contributed by atoms with Crippen molar-refractivity contribution in [3.05, 3.63) is 96.3 Å². The molecule has 0 saturated carbocycles. The maximum Gasteiger partial charge on any atom is 0.328 e. The van der Waals surface area contributed by atoms with Gasteiger partial charge in [0.25, 0.3) is 0 Å². The first kappa shape index (κ1) is 25.1. The Morgan fingerprint density at radius 1 is 0.647 bits per heavy atom. The van der Waals surface area contributed by atoms with Crippen LogP contribution >= 0.6 is 0 Å². The lowest BCUT2D eigenvalue weighted by molar-refractivity contribution is -0.134. The van der Waals surface area contributed by atoms with E-state index in [1.54, 1.807) is 12.4 Å². The van der Waals surface area contributed by atoms with E-state index in [-0.39, 0.29) is 0 Å². The van der Waals surface area contributed by atoms with Crippen LogP contribution in [0.15, 0.2) is 95.5 Å². The summed E-state index contributed by atoms with van der Waals surface area (Å²) in [5.74, 6) is -2.51. The van der Waals surface area contributed by atoms with Gasteiger partial charge in [0.15, 0.2) is 0 Å². The Kier molecular flexibility index (Phi) is 9.85. The van der Waals surface area contributed by atoms with E-state index in [0.717, 1.165) is 32.9 Å². The number of carbonyl (C=O) groups is 2. The van der Waals surface area contributed by atoms with Crippen LogP contribution in [-0.4, -0.2) is 55.0 Å². The number of oxime groups is 2. The third kappa shape index (κ3) is 7.85. The van der Waals surface area contributed by atoms with Crippen LogP contribution < -0.4 is 0 Å². The second-order valence-electron chi connectivity index (χ2n) is 6.33. The van der Waals surface area contributed by atoms with Crippen molar-refractivity contribution in [2.75, 3.05) is 0 Å². The molecular weight excluding hydrogens is 440 g/mol. The second-order valence-corrected chi connectivity index (χ2v) is 6.33. The van der Waals surface area contributed by atoms with Crippen LogP contribution in [0.5, 0.6) is 0 Å². The largest absolute Gasteiger partial charge is 0.478 e. The number of pyridine rings is 2. The lowest BCUT2D eigenvalue weighted by Crippen LogP contribution is -1.91. The van der Waals surface area contributed by atoms with Gasteiger partial charge >= 0.3 is 11.9 Å². The molecule has 0 amide bonds. The molecule has 2 aromatic heterocycles. The fourth-order valence-electron chi connectivity index (χ4n) is 2.73. The van der Waals surface area contributed by atoms with E-state index < -0.39 is 11.9 Å². The minimum absolute atomic E-state index is 0.558. The highest BCUT2D eigenvalue weighted by atomic mass is 16.4. The molecule has 10 nitrogen and oxygen atoms in total. The molecule has 0 spiro atoms. The summed E-state index contributed by atoms with van der Waals surface area (Å²) < 4.78 is 0. The molecule has 0 unspecified atom stereocenters. The predicted octanol–water partition coefficient (Wildman–Crippen LogP) is 3.80. The first-order valence-electron chi connectivity index (χ1n) is 9.62. The molecule has 4 rings (SSSR count). The van der Waals surface area contributed by atoms with Gasteiger partial charge in [-0.05, 0) is 24.3 Å². The average Bonchev–Trinajstić information content (AvgIpc) is 2.84. The second kappa shape index (κ2) is 13.3. The van der Waals surface area contributed by atoms with Crippen molar-refractivity contribution >= 4 is 46.2 Å². The molecule has 0 aliphatic carbocycles. The highest BCUT2D eigenvalue weighted by Crippen LogP contribution is 2.14. The summed E-state index contributed by atoms with van der Waals surface area (Å²) in [7, 11) is 0. The number of carboxylic acid groups (broad SMARTS) is 2. The van der Waals surface area contributed by atoms with E-state index in [4.69, 9.17) is 20.6 Å². The highest BCUT2D eigenvalue weighted by molar-refractivity contribution is 5.98. The van der Waals surface area contributed by atoms with Gasteiger partial charge in [0.1, 0.15) is 0 Å². The lowest BCUT2D eigenvalue weighted by atomic mass is 10.1.